The molecule has 5 nitrogen and oxygen atoms in total. The highest BCUT2D eigenvalue weighted by Crippen LogP contribution is 2.21. The van der Waals surface area contributed by atoms with Crippen molar-refractivity contribution < 1.29 is 4.74 Å². The molecule has 1 aromatic rings. The smallest absolute Gasteiger partial charge is 0.134 e. The van der Waals surface area contributed by atoms with Gasteiger partial charge in [-0.2, -0.15) is 0 Å². The molecule has 0 N–H and O–H groups in total. The Hall–Kier alpha value is -1.36. The summed E-state index contributed by atoms with van der Waals surface area (Å²) in [7, 11) is 0. The summed E-state index contributed by atoms with van der Waals surface area (Å²) in [5.41, 5.74) is 0. The molecular formula is C14H22N4O. The average molecular weight is 262 g/mol. The highest BCUT2D eigenvalue weighted by Gasteiger charge is 2.16. The van der Waals surface area contributed by atoms with Crippen LogP contribution < -0.4 is 9.80 Å². The van der Waals surface area contributed by atoms with E-state index in [9.17, 15) is 0 Å². The Labute approximate surface area is 114 Å². The van der Waals surface area contributed by atoms with Crippen LogP contribution in [0.3, 0.4) is 0 Å². The Bertz CT molecular complexity index is 398. The number of hydrogen-bond donors (Lipinski definition) is 0. The van der Waals surface area contributed by atoms with Crippen molar-refractivity contribution in [2.75, 3.05) is 49.2 Å². The van der Waals surface area contributed by atoms with Crippen molar-refractivity contribution in [1.82, 2.24) is 9.97 Å². The van der Waals surface area contributed by atoms with Crippen LogP contribution in [-0.2, 0) is 4.74 Å². The molecule has 2 aliphatic heterocycles. The molecule has 1 aromatic heterocycles. The fraction of sp³-hybridized carbons (Fsp3) is 0.714. The molecule has 0 aliphatic carbocycles. The number of nitrogens with zero attached hydrogens (tertiary/aromatic N) is 4. The van der Waals surface area contributed by atoms with E-state index in [2.05, 4.69) is 25.8 Å². The molecule has 0 saturated carbocycles. The van der Waals surface area contributed by atoms with Gasteiger partial charge in [0.05, 0.1) is 13.2 Å². The normalized spacial score (nSPS) is 21.3. The third kappa shape index (κ3) is 3.15. The first-order chi connectivity index (χ1) is 9.43. The first-order valence-corrected chi connectivity index (χ1v) is 7.33. The molecule has 0 amide bonds. The van der Waals surface area contributed by atoms with E-state index in [0.717, 1.165) is 51.0 Å². The Morgan fingerprint density at radius 1 is 0.789 bits per heavy atom. The minimum atomic E-state index is 0.795. The molecular weight excluding hydrogens is 240 g/mol. The fourth-order valence-electron chi connectivity index (χ4n) is 2.78. The number of aromatic nitrogens is 2. The van der Waals surface area contributed by atoms with Gasteiger partial charge in [-0.15, -0.1) is 0 Å². The lowest BCUT2D eigenvalue weighted by atomic mass is 10.2. The number of rotatable bonds is 2. The van der Waals surface area contributed by atoms with Crippen LogP contribution >= 0.6 is 0 Å². The second-order valence-electron chi connectivity index (χ2n) is 5.24. The van der Waals surface area contributed by atoms with Gasteiger partial charge in [0.25, 0.3) is 0 Å². The summed E-state index contributed by atoms with van der Waals surface area (Å²) in [6, 6.07) is 2.14. The van der Waals surface area contributed by atoms with Gasteiger partial charge in [-0.05, 0) is 12.8 Å². The Balaban J connectivity index is 1.74. The summed E-state index contributed by atoms with van der Waals surface area (Å²) in [5, 5.41) is 0. The molecule has 0 bridgehead atoms. The Morgan fingerprint density at radius 2 is 1.37 bits per heavy atom. The highest BCUT2D eigenvalue weighted by atomic mass is 16.5. The minimum Gasteiger partial charge on any atom is -0.378 e. The van der Waals surface area contributed by atoms with Crippen molar-refractivity contribution >= 4 is 11.6 Å². The van der Waals surface area contributed by atoms with Gasteiger partial charge in [0, 0.05) is 32.2 Å². The predicted molar refractivity (Wildman–Crippen MR) is 75.7 cm³/mol. The van der Waals surface area contributed by atoms with E-state index in [1.54, 1.807) is 6.33 Å². The number of morpholine rings is 1. The molecule has 0 aromatic carbocycles. The molecule has 3 heterocycles. The Kier molecular flexibility index (Phi) is 4.13. The fourth-order valence-corrected chi connectivity index (χ4v) is 2.78. The van der Waals surface area contributed by atoms with E-state index < -0.39 is 0 Å². The van der Waals surface area contributed by atoms with Crippen LogP contribution in [0.15, 0.2) is 12.4 Å². The van der Waals surface area contributed by atoms with Crippen LogP contribution in [0.25, 0.3) is 0 Å². The lowest BCUT2D eigenvalue weighted by Crippen LogP contribution is -2.37. The Morgan fingerprint density at radius 3 is 2.00 bits per heavy atom. The number of hydrogen-bond acceptors (Lipinski definition) is 5. The topological polar surface area (TPSA) is 41.5 Å². The van der Waals surface area contributed by atoms with Crippen molar-refractivity contribution in [3.63, 3.8) is 0 Å². The summed E-state index contributed by atoms with van der Waals surface area (Å²) in [6.45, 7) is 5.69. The van der Waals surface area contributed by atoms with Crippen LogP contribution in [0.4, 0.5) is 11.6 Å². The highest BCUT2D eigenvalue weighted by molar-refractivity contribution is 5.50. The molecule has 2 aliphatic rings. The second-order valence-corrected chi connectivity index (χ2v) is 5.24. The van der Waals surface area contributed by atoms with Gasteiger partial charge < -0.3 is 14.5 Å². The SMILES string of the molecule is c1nc(N2CCCCCC2)cc(N2CCOCC2)n1. The maximum absolute atomic E-state index is 5.39. The van der Waals surface area contributed by atoms with Crippen molar-refractivity contribution in [3.8, 4) is 0 Å². The van der Waals surface area contributed by atoms with Gasteiger partial charge in [-0.3, -0.25) is 0 Å². The van der Waals surface area contributed by atoms with Crippen LogP contribution in [0.5, 0.6) is 0 Å². The maximum Gasteiger partial charge on any atom is 0.134 e. The van der Waals surface area contributed by atoms with E-state index in [0.29, 0.717) is 0 Å². The van der Waals surface area contributed by atoms with E-state index >= 15 is 0 Å². The average Bonchev–Trinajstić information content (AvgIpc) is 2.77. The lowest BCUT2D eigenvalue weighted by Gasteiger charge is -2.29. The number of ether oxygens (including phenoxy) is 1. The maximum atomic E-state index is 5.39. The zero-order valence-electron chi connectivity index (χ0n) is 11.4. The van der Waals surface area contributed by atoms with Crippen LogP contribution in [0.2, 0.25) is 0 Å². The first-order valence-electron chi connectivity index (χ1n) is 7.33. The zero-order valence-corrected chi connectivity index (χ0v) is 11.4. The van der Waals surface area contributed by atoms with Gasteiger partial charge in [-0.1, -0.05) is 12.8 Å². The number of anilines is 2. The van der Waals surface area contributed by atoms with Crippen molar-refractivity contribution in [3.05, 3.63) is 12.4 Å². The molecule has 5 heteroatoms. The minimum absolute atomic E-state index is 0.795. The molecule has 2 saturated heterocycles. The van der Waals surface area contributed by atoms with Gasteiger partial charge >= 0.3 is 0 Å². The largest absolute Gasteiger partial charge is 0.378 e. The third-order valence-corrected chi connectivity index (χ3v) is 3.90. The summed E-state index contributed by atoms with van der Waals surface area (Å²) in [5.74, 6) is 2.12. The molecule has 0 atom stereocenters. The standard InChI is InChI=1S/C14H22N4O/c1-2-4-6-17(5-3-1)13-11-14(16-12-15-13)18-7-9-19-10-8-18/h11-12H,1-10H2. The van der Waals surface area contributed by atoms with Gasteiger partial charge in [0.2, 0.25) is 0 Å². The molecule has 19 heavy (non-hydrogen) atoms. The zero-order chi connectivity index (χ0) is 12.9. The van der Waals surface area contributed by atoms with Crippen molar-refractivity contribution in [2.24, 2.45) is 0 Å². The summed E-state index contributed by atoms with van der Waals surface area (Å²) < 4.78 is 5.39. The molecule has 2 fully saturated rings. The van der Waals surface area contributed by atoms with Crippen molar-refractivity contribution in [2.45, 2.75) is 25.7 Å². The summed E-state index contributed by atoms with van der Waals surface area (Å²) >= 11 is 0. The van der Waals surface area contributed by atoms with Crippen molar-refractivity contribution in [1.29, 1.82) is 0 Å². The predicted octanol–water partition coefficient (Wildman–Crippen LogP) is 1.69. The monoisotopic (exact) mass is 262 g/mol. The quantitative estimate of drug-likeness (QED) is 0.811. The van der Waals surface area contributed by atoms with Crippen LogP contribution in [-0.4, -0.2) is 49.4 Å². The van der Waals surface area contributed by atoms with Crippen LogP contribution in [0, 0.1) is 0 Å². The molecule has 0 spiro atoms. The molecule has 0 unspecified atom stereocenters. The molecule has 0 radical (unpaired) electrons. The third-order valence-electron chi connectivity index (χ3n) is 3.90. The molecule has 3 rings (SSSR count). The van der Waals surface area contributed by atoms with Gasteiger partial charge in [0.15, 0.2) is 0 Å². The lowest BCUT2D eigenvalue weighted by molar-refractivity contribution is 0.122. The first kappa shape index (κ1) is 12.7. The summed E-state index contributed by atoms with van der Waals surface area (Å²) in [6.07, 6.45) is 6.94. The summed E-state index contributed by atoms with van der Waals surface area (Å²) in [4.78, 5) is 13.6. The van der Waals surface area contributed by atoms with E-state index in [-0.39, 0.29) is 0 Å². The van der Waals surface area contributed by atoms with Gasteiger partial charge in [0.1, 0.15) is 18.0 Å². The van der Waals surface area contributed by atoms with E-state index in [1.807, 2.05) is 0 Å². The van der Waals surface area contributed by atoms with Crippen LogP contribution in [0.1, 0.15) is 25.7 Å². The molecule has 104 valence electrons. The van der Waals surface area contributed by atoms with Gasteiger partial charge in [-0.25, -0.2) is 9.97 Å². The second kappa shape index (κ2) is 6.19. The van der Waals surface area contributed by atoms with E-state index in [4.69, 9.17) is 4.74 Å². The van der Waals surface area contributed by atoms with E-state index in [1.165, 1.54) is 25.7 Å².